The van der Waals surface area contributed by atoms with Crippen LogP contribution >= 0.6 is 38.9 Å². The van der Waals surface area contributed by atoms with Crippen LogP contribution in [0, 0.1) is 0 Å². The Hall–Kier alpha value is -0.840. The highest BCUT2D eigenvalue weighted by molar-refractivity contribution is 9.10. The fraction of sp³-hybridized carbons (Fsp3) is 0. The summed E-state index contributed by atoms with van der Waals surface area (Å²) >= 11 is 10.7. The van der Waals surface area contributed by atoms with Crippen LogP contribution in [-0.4, -0.2) is 5.91 Å². The molecule has 0 aliphatic heterocycles. The maximum atomic E-state index is 11.7. The van der Waals surface area contributed by atoms with Gasteiger partial charge in [0.25, 0.3) is 5.91 Å². The quantitative estimate of drug-likeness (QED) is 0.873. The van der Waals surface area contributed by atoms with Gasteiger partial charge < -0.3 is 5.32 Å². The standard InChI is InChI=1S/C11H7BrClNOS/c12-7-3-4-9(8(13)6-7)14-11(15)10-2-1-5-16-10/h1-6H,(H,14,15). The van der Waals surface area contributed by atoms with Crippen LogP contribution in [0.15, 0.2) is 40.2 Å². The number of rotatable bonds is 2. The molecule has 0 bridgehead atoms. The number of hydrogen-bond acceptors (Lipinski definition) is 2. The molecular weight excluding hydrogens is 310 g/mol. The molecule has 1 N–H and O–H groups in total. The third-order valence-electron chi connectivity index (χ3n) is 1.92. The van der Waals surface area contributed by atoms with Gasteiger partial charge in [-0.3, -0.25) is 4.79 Å². The molecule has 0 aliphatic rings. The highest BCUT2D eigenvalue weighted by atomic mass is 79.9. The van der Waals surface area contributed by atoms with Crippen molar-refractivity contribution in [2.45, 2.75) is 0 Å². The second-order valence-corrected chi connectivity index (χ2v) is 5.33. The van der Waals surface area contributed by atoms with Gasteiger partial charge in [-0.15, -0.1) is 11.3 Å². The third-order valence-corrected chi connectivity index (χ3v) is 3.60. The topological polar surface area (TPSA) is 29.1 Å². The first-order valence-corrected chi connectivity index (χ1v) is 6.52. The van der Waals surface area contributed by atoms with Crippen molar-refractivity contribution in [3.63, 3.8) is 0 Å². The number of carbonyl (C=O) groups is 1. The lowest BCUT2D eigenvalue weighted by Gasteiger charge is -2.05. The molecule has 1 aromatic carbocycles. The molecule has 0 saturated heterocycles. The molecule has 2 rings (SSSR count). The van der Waals surface area contributed by atoms with Crippen LogP contribution in [0.2, 0.25) is 5.02 Å². The molecule has 1 amide bonds. The Bertz CT molecular complexity index is 513. The second kappa shape index (κ2) is 4.99. The number of hydrogen-bond donors (Lipinski definition) is 1. The van der Waals surface area contributed by atoms with Crippen molar-refractivity contribution >= 4 is 50.5 Å². The van der Waals surface area contributed by atoms with E-state index in [2.05, 4.69) is 21.2 Å². The van der Waals surface area contributed by atoms with E-state index in [9.17, 15) is 4.79 Å². The van der Waals surface area contributed by atoms with Gasteiger partial charge in [0.15, 0.2) is 0 Å². The number of thiophene rings is 1. The van der Waals surface area contributed by atoms with Crippen LogP contribution in [0.4, 0.5) is 5.69 Å². The molecule has 0 radical (unpaired) electrons. The summed E-state index contributed by atoms with van der Waals surface area (Å²) in [5.41, 5.74) is 0.614. The minimum atomic E-state index is -0.140. The molecule has 0 saturated carbocycles. The molecule has 0 fully saturated rings. The van der Waals surface area contributed by atoms with Crippen LogP contribution < -0.4 is 5.32 Å². The zero-order valence-corrected chi connectivity index (χ0v) is 11.2. The fourth-order valence-electron chi connectivity index (χ4n) is 1.18. The summed E-state index contributed by atoms with van der Waals surface area (Å²) in [7, 11) is 0. The summed E-state index contributed by atoms with van der Waals surface area (Å²) in [6.45, 7) is 0. The Morgan fingerprint density at radius 2 is 2.19 bits per heavy atom. The van der Waals surface area contributed by atoms with Gasteiger partial charge in [-0.2, -0.15) is 0 Å². The average Bonchev–Trinajstić information content (AvgIpc) is 2.75. The minimum Gasteiger partial charge on any atom is -0.320 e. The summed E-state index contributed by atoms with van der Waals surface area (Å²) < 4.78 is 0.881. The summed E-state index contributed by atoms with van der Waals surface area (Å²) in [5, 5.41) is 5.13. The number of anilines is 1. The zero-order chi connectivity index (χ0) is 11.5. The number of nitrogens with one attached hydrogen (secondary N) is 1. The SMILES string of the molecule is O=C(Nc1ccc(Br)cc1Cl)c1cccs1. The molecular formula is C11H7BrClNOS. The van der Waals surface area contributed by atoms with Gasteiger partial charge in [-0.25, -0.2) is 0 Å². The molecule has 0 unspecified atom stereocenters. The maximum absolute atomic E-state index is 11.7. The van der Waals surface area contributed by atoms with Crippen molar-refractivity contribution in [3.05, 3.63) is 50.1 Å². The number of amides is 1. The van der Waals surface area contributed by atoms with Gasteiger partial charge >= 0.3 is 0 Å². The average molecular weight is 317 g/mol. The number of carbonyl (C=O) groups excluding carboxylic acids is 1. The van der Waals surface area contributed by atoms with Gasteiger partial charge in [0.2, 0.25) is 0 Å². The van der Waals surface area contributed by atoms with Crippen molar-refractivity contribution in [1.82, 2.24) is 0 Å². The molecule has 1 heterocycles. The Balaban J connectivity index is 2.18. The normalized spacial score (nSPS) is 10.1. The van der Waals surface area contributed by atoms with E-state index in [-0.39, 0.29) is 5.91 Å². The number of benzene rings is 1. The van der Waals surface area contributed by atoms with Gasteiger partial charge in [0.1, 0.15) is 0 Å². The van der Waals surface area contributed by atoms with Crippen LogP contribution in [0.1, 0.15) is 9.67 Å². The minimum absolute atomic E-state index is 0.140. The molecule has 2 aromatic rings. The zero-order valence-electron chi connectivity index (χ0n) is 8.04. The summed E-state index contributed by atoms with van der Waals surface area (Å²) in [5.74, 6) is -0.140. The number of halogens is 2. The van der Waals surface area contributed by atoms with Crippen molar-refractivity contribution in [2.75, 3.05) is 5.32 Å². The Kier molecular flexibility index (Phi) is 3.63. The lowest BCUT2D eigenvalue weighted by molar-refractivity contribution is 0.103. The summed E-state index contributed by atoms with van der Waals surface area (Å²) in [6, 6.07) is 8.94. The first kappa shape index (κ1) is 11.6. The molecule has 5 heteroatoms. The summed E-state index contributed by atoms with van der Waals surface area (Å²) in [4.78, 5) is 12.4. The summed E-state index contributed by atoms with van der Waals surface area (Å²) in [6.07, 6.45) is 0. The fourth-order valence-corrected chi connectivity index (χ4v) is 2.52. The van der Waals surface area contributed by atoms with E-state index in [1.54, 1.807) is 18.2 Å². The lowest BCUT2D eigenvalue weighted by atomic mass is 10.3. The lowest BCUT2D eigenvalue weighted by Crippen LogP contribution is -2.10. The van der Waals surface area contributed by atoms with E-state index in [4.69, 9.17) is 11.6 Å². The first-order valence-electron chi connectivity index (χ1n) is 4.47. The third kappa shape index (κ3) is 2.64. The predicted octanol–water partition coefficient (Wildman–Crippen LogP) is 4.42. The second-order valence-electron chi connectivity index (χ2n) is 3.06. The maximum Gasteiger partial charge on any atom is 0.265 e. The van der Waals surface area contributed by atoms with Crippen molar-refractivity contribution in [3.8, 4) is 0 Å². The molecule has 0 atom stereocenters. The van der Waals surface area contributed by atoms with Crippen LogP contribution in [0.25, 0.3) is 0 Å². The highest BCUT2D eigenvalue weighted by Crippen LogP contribution is 2.26. The monoisotopic (exact) mass is 315 g/mol. The first-order chi connectivity index (χ1) is 7.66. The van der Waals surface area contributed by atoms with Gasteiger partial charge in [0.05, 0.1) is 15.6 Å². The van der Waals surface area contributed by atoms with E-state index < -0.39 is 0 Å². The van der Waals surface area contributed by atoms with E-state index in [0.717, 1.165) is 4.47 Å². The molecule has 16 heavy (non-hydrogen) atoms. The van der Waals surface area contributed by atoms with Crippen molar-refractivity contribution < 1.29 is 4.79 Å². The van der Waals surface area contributed by atoms with Gasteiger partial charge in [-0.05, 0) is 29.6 Å². The highest BCUT2D eigenvalue weighted by Gasteiger charge is 2.09. The van der Waals surface area contributed by atoms with Gasteiger partial charge in [-0.1, -0.05) is 33.6 Å². The Labute approximate surface area is 110 Å². The van der Waals surface area contributed by atoms with E-state index in [0.29, 0.717) is 15.6 Å². The van der Waals surface area contributed by atoms with E-state index >= 15 is 0 Å². The molecule has 2 nitrogen and oxygen atoms in total. The van der Waals surface area contributed by atoms with E-state index in [1.165, 1.54) is 11.3 Å². The van der Waals surface area contributed by atoms with Crippen LogP contribution in [-0.2, 0) is 0 Å². The van der Waals surface area contributed by atoms with Crippen LogP contribution in [0.3, 0.4) is 0 Å². The molecule has 0 aliphatic carbocycles. The molecule has 0 spiro atoms. The Morgan fingerprint density at radius 1 is 1.38 bits per heavy atom. The smallest absolute Gasteiger partial charge is 0.265 e. The Morgan fingerprint density at radius 3 is 2.81 bits per heavy atom. The van der Waals surface area contributed by atoms with Crippen molar-refractivity contribution in [2.24, 2.45) is 0 Å². The van der Waals surface area contributed by atoms with Gasteiger partial charge in [0, 0.05) is 4.47 Å². The van der Waals surface area contributed by atoms with Crippen molar-refractivity contribution in [1.29, 1.82) is 0 Å². The molecule has 82 valence electrons. The van der Waals surface area contributed by atoms with E-state index in [1.807, 2.05) is 17.5 Å². The largest absolute Gasteiger partial charge is 0.320 e. The molecule has 1 aromatic heterocycles. The van der Waals surface area contributed by atoms with Crippen LogP contribution in [0.5, 0.6) is 0 Å². The predicted molar refractivity (Wildman–Crippen MR) is 71.4 cm³/mol.